The van der Waals surface area contributed by atoms with Crippen molar-refractivity contribution in [3.05, 3.63) is 24.3 Å². The Balaban J connectivity index is 2.89. The third kappa shape index (κ3) is 3.61. The summed E-state index contributed by atoms with van der Waals surface area (Å²) in [7, 11) is 2.95. The molecule has 0 aliphatic heterocycles. The number of aliphatic carboxylic acids is 1. The molecule has 0 aliphatic carbocycles. The second-order valence-electron chi connectivity index (χ2n) is 4.24. The van der Waals surface area contributed by atoms with Crippen LogP contribution in [0.25, 0.3) is 0 Å². The molecule has 0 aromatic heterocycles. The molecule has 0 bridgehead atoms. The maximum atomic E-state index is 12.0. The molecule has 2 amide bonds. The fourth-order valence-electron chi connectivity index (χ4n) is 1.63. The van der Waals surface area contributed by atoms with Crippen LogP contribution in [0.15, 0.2) is 24.3 Å². The van der Waals surface area contributed by atoms with E-state index in [1.807, 2.05) is 0 Å². The fraction of sp³-hybridized carbons (Fsp3) is 0.385. The van der Waals surface area contributed by atoms with Crippen LogP contribution in [0.5, 0.6) is 5.75 Å². The van der Waals surface area contributed by atoms with Gasteiger partial charge >= 0.3 is 12.0 Å². The molecule has 3 N–H and O–H groups in total. The number of rotatable bonds is 5. The molecule has 1 aromatic rings. The smallest absolute Gasteiger partial charge is 0.328 e. The Kier molecular flexibility index (Phi) is 5.33. The van der Waals surface area contributed by atoms with Crippen LogP contribution in [0.4, 0.5) is 10.5 Å². The number of aliphatic hydroxyl groups excluding tert-OH is 1. The summed E-state index contributed by atoms with van der Waals surface area (Å²) in [6, 6.07) is 4.80. The van der Waals surface area contributed by atoms with E-state index in [1.165, 1.54) is 26.0 Å². The molecule has 0 saturated heterocycles. The Morgan fingerprint density at radius 2 is 1.95 bits per heavy atom. The molecular weight excluding hydrogens is 264 g/mol. The fourth-order valence-corrected chi connectivity index (χ4v) is 1.63. The summed E-state index contributed by atoms with van der Waals surface area (Å²) in [6.07, 6.45) is -1.21. The predicted octanol–water partition coefficient (Wildman–Crippen LogP) is 0.675. The highest BCUT2D eigenvalue weighted by Crippen LogP contribution is 2.26. The molecule has 0 aliphatic rings. The van der Waals surface area contributed by atoms with Crippen LogP contribution < -0.4 is 15.0 Å². The van der Waals surface area contributed by atoms with Gasteiger partial charge in [0.25, 0.3) is 0 Å². The SMILES string of the molecule is COc1ccccc1N(C)C(=O)NC(C(=O)O)C(C)O. The van der Waals surface area contributed by atoms with Crippen molar-refractivity contribution in [2.24, 2.45) is 0 Å². The number of urea groups is 1. The predicted molar refractivity (Wildman–Crippen MR) is 73.0 cm³/mol. The topological polar surface area (TPSA) is 99.1 Å². The van der Waals surface area contributed by atoms with Gasteiger partial charge in [0, 0.05) is 7.05 Å². The molecular formula is C13H18N2O5. The molecule has 1 rings (SSSR count). The monoisotopic (exact) mass is 282 g/mol. The van der Waals surface area contributed by atoms with E-state index in [1.54, 1.807) is 24.3 Å². The van der Waals surface area contributed by atoms with Crippen LogP contribution >= 0.6 is 0 Å². The number of amides is 2. The van der Waals surface area contributed by atoms with Crippen molar-refractivity contribution in [2.75, 3.05) is 19.1 Å². The molecule has 0 fully saturated rings. The van der Waals surface area contributed by atoms with Gasteiger partial charge in [-0.2, -0.15) is 0 Å². The highest BCUT2D eigenvalue weighted by molar-refractivity contribution is 5.95. The Bertz CT molecular complexity index is 489. The Labute approximate surface area is 116 Å². The third-order valence-corrected chi connectivity index (χ3v) is 2.78. The van der Waals surface area contributed by atoms with Crippen molar-refractivity contribution < 1.29 is 24.5 Å². The molecule has 2 unspecified atom stereocenters. The zero-order valence-corrected chi connectivity index (χ0v) is 11.5. The van der Waals surface area contributed by atoms with Gasteiger partial charge < -0.3 is 20.3 Å². The lowest BCUT2D eigenvalue weighted by Gasteiger charge is -2.24. The first kappa shape index (κ1) is 15.8. The summed E-state index contributed by atoms with van der Waals surface area (Å²) in [5, 5.41) is 20.5. The average molecular weight is 282 g/mol. The van der Waals surface area contributed by atoms with Gasteiger partial charge in [0.05, 0.1) is 18.9 Å². The lowest BCUT2D eigenvalue weighted by Crippen LogP contribution is -2.51. The summed E-state index contributed by atoms with van der Waals surface area (Å²) in [6.45, 7) is 1.29. The molecule has 1 aromatic carbocycles. The van der Waals surface area contributed by atoms with Gasteiger partial charge in [-0.3, -0.25) is 4.90 Å². The minimum Gasteiger partial charge on any atom is -0.495 e. The number of aliphatic hydroxyl groups is 1. The van der Waals surface area contributed by atoms with Gasteiger partial charge in [-0.25, -0.2) is 9.59 Å². The van der Waals surface area contributed by atoms with E-state index in [2.05, 4.69) is 5.32 Å². The molecule has 0 heterocycles. The van der Waals surface area contributed by atoms with Crippen molar-refractivity contribution in [1.82, 2.24) is 5.32 Å². The van der Waals surface area contributed by atoms with Gasteiger partial charge in [0.15, 0.2) is 6.04 Å². The number of carboxylic acid groups (broad SMARTS) is 1. The van der Waals surface area contributed by atoms with Crippen LogP contribution in [-0.4, -0.2) is 48.5 Å². The first-order valence-electron chi connectivity index (χ1n) is 5.96. The first-order chi connectivity index (χ1) is 9.38. The molecule has 20 heavy (non-hydrogen) atoms. The quantitative estimate of drug-likeness (QED) is 0.737. The number of nitrogens with zero attached hydrogens (tertiary/aromatic N) is 1. The lowest BCUT2D eigenvalue weighted by atomic mass is 10.2. The number of nitrogens with one attached hydrogen (secondary N) is 1. The van der Waals surface area contributed by atoms with E-state index < -0.39 is 24.1 Å². The highest BCUT2D eigenvalue weighted by atomic mass is 16.5. The number of carbonyl (C=O) groups excluding carboxylic acids is 1. The number of hydrogen-bond acceptors (Lipinski definition) is 4. The maximum Gasteiger partial charge on any atom is 0.328 e. The van der Waals surface area contributed by atoms with E-state index >= 15 is 0 Å². The van der Waals surface area contributed by atoms with Crippen molar-refractivity contribution in [1.29, 1.82) is 0 Å². The summed E-state index contributed by atoms with van der Waals surface area (Å²) < 4.78 is 5.13. The zero-order chi connectivity index (χ0) is 15.3. The van der Waals surface area contributed by atoms with E-state index in [0.717, 1.165) is 0 Å². The van der Waals surface area contributed by atoms with Gasteiger partial charge in [-0.05, 0) is 19.1 Å². The molecule has 0 spiro atoms. The van der Waals surface area contributed by atoms with Gasteiger partial charge in [-0.1, -0.05) is 12.1 Å². The average Bonchev–Trinajstić information content (AvgIpc) is 2.42. The maximum absolute atomic E-state index is 12.0. The second-order valence-corrected chi connectivity index (χ2v) is 4.24. The van der Waals surface area contributed by atoms with Gasteiger partial charge in [0.1, 0.15) is 5.75 Å². The van der Waals surface area contributed by atoms with Gasteiger partial charge in [-0.15, -0.1) is 0 Å². The summed E-state index contributed by atoms with van der Waals surface area (Å²) in [4.78, 5) is 24.2. The van der Waals surface area contributed by atoms with E-state index in [4.69, 9.17) is 9.84 Å². The Morgan fingerprint density at radius 3 is 2.45 bits per heavy atom. The van der Waals surface area contributed by atoms with Crippen molar-refractivity contribution in [3.8, 4) is 5.75 Å². The van der Waals surface area contributed by atoms with Crippen molar-refractivity contribution >= 4 is 17.7 Å². The number of benzene rings is 1. The van der Waals surface area contributed by atoms with Crippen LogP contribution in [0.1, 0.15) is 6.92 Å². The van der Waals surface area contributed by atoms with Crippen LogP contribution in [-0.2, 0) is 4.79 Å². The minimum atomic E-state index is -1.38. The summed E-state index contributed by atoms with van der Waals surface area (Å²) in [5.41, 5.74) is 0.488. The van der Waals surface area contributed by atoms with E-state index in [9.17, 15) is 14.7 Å². The van der Waals surface area contributed by atoms with Crippen LogP contribution in [0, 0.1) is 0 Å². The Morgan fingerprint density at radius 1 is 1.35 bits per heavy atom. The standard InChI is InChI=1S/C13H18N2O5/c1-8(16)11(12(17)18)14-13(19)15(2)9-6-4-5-7-10(9)20-3/h4-8,11,16H,1-3H3,(H,14,19)(H,17,18). The molecule has 7 heteroatoms. The lowest BCUT2D eigenvalue weighted by molar-refractivity contribution is -0.141. The summed E-state index contributed by atoms with van der Waals surface area (Å²) in [5.74, 6) is -0.823. The normalized spacial score (nSPS) is 13.2. The first-order valence-corrected chi connectivity index (χ1v) is 5.96. The van der Waals surface area contributed by atoms with Crippen LogP contribution in [0.2, 0.25) is 0 Å². The van der Waals surface area contributed by atoms with Crippen molar-refractivity contribution in [2.45, 2.75) is 19.1 Å². The minimum absolute atomic E-state index is 0.481. The number of carbonyl (C=O) groups is 2. The second kappa shape index (κ2) is 6.76. The van der Waals surface area contributed by atoms with E-state index in [-0.39, 0.29) is 0 Å². The third-order valence-electron chi connectivity index (χ3n) is 2.78. The summed E-state index contributed by atoms with van der Waals surface area (Å²) >= 11 is 0. The number of carboxylic acids is 1. The van der Waals surface area contributed by atoms with Crippen molar-refractivity contribution in [3.63, 3.8) is 0 Å². The number of ether oxygens (including phenoxy) is 1. The number of anilines is 1. The molecule has 0 saturated carbocycles. The number of methoxy groups -OCH3 is 1. The number of hydrogen-bond donors (Lipinski definition) is 3. The van der Waals surface area contributed by atoms with Gasteiger partial charge in [0.2, 0.25) is 0 Å². The molecule has 0 radical (unpaired) electrons. The van der Waals surface area contributed by atoms with Crippen LogP contribution in [0.3, 0.4) is 0 Å². The molecule has 110 valence electrons. The molecule has 7 nitrogen and oxygen atoms in total. The molecule has 2 atom stereocenters. The largest absolute Gasteiger partial charge is 0.495 e. The zero-order valence-electron chi connectivity index (χ0n) is 11.5. The highest BCUT2D eigenvalue weighted by Gasteiger charge is 2.27. The number of para-hydroxylation sites is 2. The Hall–Kier alpha value is -2.28. The van der Waals surface area contributed by atoms with E-state index in [0.29, 0.717) is 11.4 Å².